The quantitative estimate of drug-likeness (QED) is 0.588. The summed E-state index contributed by atoms with van der Waals surface area (Å²) in [6.07, 6.45) is 3.59. The number of nitrogens with two attached hydrogens (primary N) is 1. The zero-order valence-electron chi connectivity index (χ0n) is 14.6. The second kappa shape index (κ2) is 6.57. The van der Waals surface area contributed by atoms with Gasteiger partial charge in [-0.2, -0.15) is 0 Å². The molecular formula is C21H17N3O2S. The number of rotatable bonds is 3. The SMILES string of the molecule is Cc1cc(-c2ccc(S(N)(=O)=O)cc2)cnc1-c1ccnc2ccccc12. The largest absolute Gasteiger partial charge is 0.256 e. The van der Waals surface area contributed by atoms with E-state index in [1.54, 1.807) is 24.5 Å². The molecule has 0 unspecified atom stereocenters. The van der Waals surface area contributed by atoms with Gasteiger partial charge in [0.2, 0.25) is 10.0 Å². The number of aromatic nitrogens is 2. The van der Waals surface area contributed by atoms with E-state index in [1.807, 2.05) is 43.3 Å². The number of hydrogen-bond acceptors (Lipinski definition) is 4. The molecule has 0 saturated heterocycles. The van der Waals surface area contributed by atoms with Gasteiger partial charge in [0.15, 0.2) is 0 Å². The summed E-state index contributed by atoms with van der Waals surface area (Å²) in [5, 5.41) is 6.21. The smallest absolute Gasteiger partial charge is 0.238 e. The molecule has 0 radical (unpaired) electrons. The van der Waals surface area contributed by atoms with E-state index in [0.717, 1.165) is 38.9 Å². The van der Waals surface area contributed by atoms with Gasteiger partial charge >= 0.3 is 0 Å². The Kier molecular flexibility index (Phi) is 4.22. The summed E-state index contributed by atoms with van der Waals surface area (Å²) in [6, 6.07) is 18.5. The molecule has 0 bridgehead atoms. The summed E-state index contributed by atoms with van der Waals surface area (Å²) in [5.74, 6) is 0. The molecule has 134 valence electrons. The second-order valence-electron chi connectivity index (χ2n) is 6.33. The molecule has 4 aromatic rings. The van der Waals surface area contributed by atoms with Gasteiger partial charge in [0.05, 0.1) is 16.1 Å². The van der Waals surface area contributed by atoms with Crippen LogP contribution in [0.5, 0.6) is 0 Å². The van der Waals surface area contributed by atoms with Crippen molar-refractivity contribution in [2.24, 2.45) is 5.14 Å². The Balaban J connectivity index is 1.77. The first-order chi connectivity index (χ1) is 12.9. The molecule has 6 heteroatoms. The molecule has 0 atom stereocenters. The highest BCUT2D eigenvalue weighted by molar-refractivity contribution is 7.89. The highest BCUT2D eigenvalue weighted by Crippen LogP contribution is 2.30. The fourth-order valence-electron chi connectivity index (χ4n) is 3.15. The van der Waals surface area contributed by atoms with Gasteiger partial charge in [0.1, 0.15) is 0 Å². The zero-order chi connectivity index (χ0) is 19.0. The van der Waals surface area contributed by atoms with Gasteiger partial charge in [-0.05, 0) is 48.4 Å². The average molecular weight is 375 g/mol. The van der Waals surface area contributed by atoms with Crippen LogP contribution in [0, 0.1) is 6.92 Å². The number of aryl methyl sites for hydroxylation is 1. The topological polar surface area (TPSA) is 85.9 Å². The molecule has 0 spiro atoms. The number of fused-ring (bicyclic) bond motifs is 1. The van der Waals surface area contributed by atoms with Crippen LogP contribution in [-0.4, -0.2) is 18.4 Å². The van der Waals surface area contributed by atoms with E-state index in [0.29, 0.717) is 0 Å². The van der Waals surface area contributed by atoms with Crippen LogP contribution in [0.15, 0.2) is 78.0 Å². The predicted octanol–water partition coefficient (Wildman–Crippen LogP) is 3.92. The van der Waals surface area contributed by atoms with Crippen LogP contribution < -0.4 is 5.14 Å². The van der Waals surface area contributed by atoms with Gasteiger partial charge in [0, 0.05) is 28.9 Å². The van der Waals surface area contributed by atoms with E-state index in [4.69, 9.17) is 5.14 Å². The molecule has 27 heavy (non-hydrogen) atoms. The molecule has 5 nitrogen and oxygen atoms in total. The number of para-hydroxylation sites is 1. The van der Waals surface area contributed by atoms with Crippen LogP contribution in [0.3, 0.4) is 0 Å². The lowest BCUT2D eigenvalue weighted by Gasteiger charge is -2.10. The normalized spacial score (nSPS) is 11.6. The molecule has 0 fully saturated rings. The maximum Gasteiger partial charge on any atom is 0.238 e. The Labute approximate surface area is 157 Å². The monoisotopic (exact) mass is 375 g/mol. The highest BCUT2D eigenvalue weighted by Gasteiger charge is 2.11. The molecule has 0 amide bonds. The Morgan fingerprint density at radius 2 is 1.63 bits per heavy atom. The highest BCUT2D eigenvalue weighted by atomic mass is 32.2. The number of sulfonamides is 1. The molecule has 0 aliphatic heterocycles. The van der Waals surface area contributed by atoms with Crippen molar-refractivity contribution in [1.29, 1.82) is 0 Å². The molecule has 2 aromatic heterocycles. The minimum atomic E-state index is -3.70. The third kappa shape index (κ3) is 3.32. The minimum absolute atomic E-state index is 0.0933. The molecule has 2 N–H and O–H groups in total. The first kappa shape index (κ1) is 17.3. The standard InChI is InChI=1S/C21H17N3O2S/c1-14-12-16(15-6-8-17(9-7-15)27(22,25)26)13-24-21(14)19-10-11-23-20-5-3-2-4-18(19)20/h2-13H,1H3,(H2,22,25,26). The number of nitrogens with zero attached hydrogens (tertiary/aromatic N) is 2. The Bertz CT molecular complexity index is 1240. The number of primary sulfonamides is 1. The van der Waals surface area contributed by atoms with E-state index in [2.05, 4.69) is 9.97 Å². The lowest BCUT2D eigenvalue weighted by atomic mass is 9.99. The maximum atomic E-state index is 11.4. The lowest BCUT2D eigenvalue weighted by Crippen LogP contribution is -2.11. The fourth-order valence-corrected chi connectivity index (χ4v) is 3.67. The van der Waals surface area contributed by atoms with Gasteiger partial charge in [-0.15, -0.1) is 0 Å². The number of hydrogen-bond donors (Lipinski definition) is 1. The van der Waals surface area contributed by atoms with E-state index in [-0.39, 0.29) is 4.90 Å². The molecule has 0 aliphatic carbocycles. The average Bonchev–Trinajstić information content (AvgIpc) is 2.67. The Morgan fingerprint density at radius 1 is 0.889 bits per heavy atom. The number of pyridine rings is 2. The van der Waals surface area contributed by atoms with Crippen molar-refractivity contribution >= 4 is 20.9 Å². The van der Waals surface area contributed by atoms with Crippen molar-refractivity contribution in [3.63, 3.8) is 0 Å². The third-order valence-electron chi connectivity index (χ3n) is 4.50. The van der Waals surface area contributed by atoms with Crippen LogP contribution in [0.25, 0.3) is 33.3 Å². The Hall–Kier alpha value is -3.09. The van der Waals surface area contributed by atoms with Crippen molar-refractivity contribution in [1.82, 2.24) is 9.97 Å². The van der Waals surface area contributed by atoms with E-state index < -0.39 is 10.0 Å². The van der Waals surface area contributed by atoms with Crippen molar-refractivity contribution in [3.05, 3.63) is 78.6 Å². The molecular weight excluding hydrogens is 358 g/mol. The summed E-state index contributed by atoms with van der Waals surface area (Å²) >= 11 is 0. The summed E-state index contributed by atoms with van der Waals surface area (Å²) in [5.41, 5.74) is 5.69. The third-order valence-corrected chi connectivity index (χ3v) is 5.43. The minimum Gasteiger partial charge on any atom is -0.256 e. The van der Waals surface area contributed by atoms with Gasteiger partial charge in [-0.1, -0.05) is 30.3 Å². The fraction of sp³-hybridized carbons (Fsp3) is 0.0476. The summed E-state index contributed by atoms with van der Waals surface area (Å²) in [4.78, 5) is 9.17. The van der Waals surface area contributed by atoms with Gasteiger partial charge in [-0.3, -0.25) is 9.97 Å². The van der Waals surface area contributed by atoms with Crippen LogP contribution in [0.4, 0.5) is 0 Å². The van der Waals surface area contributed by atoms with Gasteiger partial charge < -0.3 is 0 Å². The van der Waals surface area contributed by atoms with Gasteiger partial charge in [-0.25, -0.2) is 13.6 Å². The molecule has 4 rings (SSSR count). The zero-order valence-corrected chi connectivity index (χ0v) is 15.4. The van der Waals surface area contributed by atoms with Crippen LogP contribution in [0.2, 0.25) is 0 Å². The second-order valence-corrected chi connectivity index (χ2v) is 7.90. The molecule has 0 aliphatic rings. The molecule has 2 heterocycles. The van der Waals surface area contributed by atoms with Crippen LogP contribution in [0.1, 0.15) is 5.56 Å². The van der Waals surface area contributed by atoms with Crippen molar-refractivity contribution in [3.8, 4) is 22.4 Å². The van der Waals surface area contributed by atoms with E-state index in [9.17, 15) is 8.42 Å². The van der Waals surface area contributed by atoms with E-state index in [1.165, 1.54) is 12.1 Å². The summed E-state index contributed by atoms with van der Waals surface area (Å²) < 4.78 is 22.8. The molecule has 2 aromatic carbocycles. The Morgan fingerprint density at radius 3 is 2.33 bits per heavy atom. The van der Waals surface area contributed by atoms with Crippen LogP contribution in [-0.2, 0) is 10.0 Å². The van der Waals surface area contributed by atoms with E-state index >= 15 is 0 Å². The first-order valence-electron chi connectivity index (χ1n) is 8.37. The summed E-state index contributed by atoms with van der Waals surface area (Å²) in [6.45, 7) is 2.01. The van der Waals surface area contributed by atoms with Crippen molar-refractivity contribution in [2.45, 2.75) is 11.8 Å². The predicted molar refractivity (Wildman–Crippen MR) is 107 cm³/mol. The maximum absolute atomic E-state index is 11.4. The van der Waals surface area contributed by atoms with Crippen LogP contribution >= 0.6 is 0 Å². The first-order valence-corrected chi connectivity index (χ1v) is 9.92. The lowest BCUT2D eigenvalue weighted by molar-refractivity contribution is 0.598. The summed E-state index contributed by atoms with van der Waals surface area (Å²) in [7, 11) is -3.70. The van der Waals surface area contributed by atoms with Crippen molar-refractivity contribution < 1.29 is 8.42 Å². The van der Waals surface area contributed by atoms with Gasteiger partial charge in [0.25, 0.3) is 0 Å². The number of benzene rings is 2. The van der Waals surface area contributed by atoms with Crippen molar-refractivity contribution in [2.75, 3.05) is 0 Å². The molecule has 0 saturated carbocycles.